The van der Waals surface area contributed by atoms with Gasteiger partial charge in [-0.25, -0.2) is 4.98 Å². The molecule has 7 heteroatoms. The first-order valence-corrected chi connectivity index (χ1v) is 14.8. The molecule has 1 saturated carbocycles. The van der Waals surface area contributed by atoms with E-state index < -0.39 is 0 Å². The van der Waals surface area contributed by atoms with Crippen molar-refractivity contribution in [3.05, 3.63) is 42.2 Å². The van der Waals surface area contributed by atoms with Crippen LogP contribution in [-0.2, 0) is 0 Å². The fourth-order valence-corrected chi connectivity index (χ4v) is 6.13. The second-order valence-corrected chi connectivity index (χ2v) is 11.6. The van der Waals surface area contributed by atoms with Gasteiger partial charge >= 0.3 is 0 Å². The van der Waals surface area contributed by atoms with Crippen molar-refractivity contribution in [3.8, 4) is 11.1 Å². The van der Waals surface area contributed by atoms with Crippen LogP contribution in [0.25, 0.3) is 22.2 Å². The van der Waals surface area contributed by atoms with E-state index in [9.17, 15) is 5.11 Å². The highest BCUT2D eigenvalue weighted by atomic mass is 16.3. The van der Waals surface area contributed by atoms with Crippen LogP contribution in [0.1, 0.15) is 83.9 Å². The lowest BCUT2D eigenvalue weighted by molar-refractivity contribution is 0.0834. The molecule has 2 aromatic heterocycles. The number of nitrogens with zero attached hydrogens (tertiary/aromatic N) is 5. The Kier molecular flexibility index (Phi) is 8.66. The molecule has 1 aromatic carbocycles. The smallest absolute Gasteiger partial charge is 0.224 e. The van der Waals surface area contributed by atoms with E-state index in [1.807, 2.05) is 6.20 Å². The molecule has 1 atom stereocenters. The molecule has 38 heavy (non-hydrogen) atoms. The Morgan fingerprint density at radius 2 is 1.66 bits per heavy atom. The monoisotopic (exact) mass is 518 g/mol. The van der Waals surface area contributed by atoms with Crippen molar-refractivity contribution in [2.45, 2.75) is 90.4 Å². The summed E-state index contributed by atoms with van der Waals surface area (Å²) in [5.41, 5.74) is 4.77. The fraction of sp³-hybridized carbons (Fsp3) is 0.613. The molecule has 2 fully saturated rings. The number of aliphatic hydroxyl groups excluding tert-OH is 1. The molecule has 0 bridgehead atoms. The maximum absolute atomic E-state index is 10.1. The van der Waals surface area contributed by atoms with Crippen molar-refractivity contribution in [2.24, 2.45) is 0 Å². The van der Waals surface area contributed by atoms with Gasteiger partial charge < -0.3 is 15.0 Å². The Labute approximate surface area is 228 Å². The zero-order chi connectivity index (χ0) is 26.6. The van der Waals surface area contributed by atoms with E-state index in [1.165, 1.54) is 16.7 Å². The number of anilines is 1. The molecular formula is C31H46N6O. The summed E-state index contributed by atoms with van der Waals surface area (Å²) in [5.74, 6) is 0.703. The third-order valence-corrected chi connectivity index (χ3v) is 8.78. The van der Waals surface area contributed by atoms with Gasteiger partial charge in [-0.3, -0.25) is 9.80 Å². The molecule has 3 heterocycles. The Morgan fingerprint density at radius 1 is 0.974 bits per heavy atom. The Balaban J connectivity index is 1.39. The van der Waals surface area contributed by atoms with Crippen LogP contribution in [0.2, 0.25) is 0 Å². The molecule has 1 saturated heterocycles. The number of hydrogen-bond donors (Lipinski definition) is 2. The second kappa shape index (κ2) is 12.1. The first kappa shape index (κ1) is 27.1. The van der Waals surface area contributed by atoms with Crippen LogP contribution in [0, 0.1) is 0 Å². The van der Waals surface area contributed by atoms with Crippen molar-refractivity contribution in [1.29, 1.82) is 0 Å². The predicted molar refractivity (Wildman–Crippen MR) is 157 cm³/mol. The summed E-state index contributed by atoms with van der Waals surface area (Å²) in [7, 11) is 0. The quantitative estimate of drug-likeness (QED) is 0.345. The van der Waals surface area contributed by atoms with Crippen LogP contribution in [0.4, 0.5) is 5.95 Å². The fourth-order valence-electron chi connectivity index (χ4n) is 6.13. The molecule has 1 aliphatic carbocycles. The van der Waals surface area contributed by atoms with Crippen LogP contribution in [0.15, 0.2) is 36.7 Å². The largest absolute Gasteiger partial charge is 0.393 e. The lowest BCUT2D eigenvalue weighted by Gasteiger charge is -2.40. The highest BCUT2D eigenvalue weighted by molar-refractivity contribution is 5.94. The normalized spacial score (nSPS) is 22.3. The standard InChI is InChI=1S/C31H46N6O/c1-5-6-15-32-31-33-20-28-29(21-37(30(28)34-31)26-11-13-27(38)14-12-26)25-9-7-24(8-10-25)23(4)36-18-16-35(17-19-36)22(2)3/h7-10,20-23,26-27,38H,5-6,11-19H2,1-4H3,(H,32,33,34)/t23-,26-,27-/m0/s1. The summed E-state index contributed by atoms with van der Waals surface area (Å²) >= 11 is 0. The summed E-state index contributed by atoms with van der Waals surface area (Å²) in [5, 5.41) is 14.6. The summed E-state index contributed by atoms with van der Waals surface area (Å²) in [6, 6.07) is 10.5. The molecule has 0 spiro atoms. The maximum Gasteiger partial charge on any atom is 0.224 e. The van der Waals surface area contributed by atoms with E-state index in [-0.39, 0.29) is 6.10 Å². The van der Waals surface area contributed by atoms with Gasteiger partial charge in [0.1, 0.15) is 5.65 Å². The van der Waals surface area contributed by atoms with Crippen LogP contribution in [-0.4, -0.2) is 74.3 Å². The second-order valence-electron chi connectivity index (χ2n) is 11.6. The minimum absolute atomic E-state index is 0.170. The number of rotatable bonds is 9. The number of nitrogens with one attached hydrogen (secondary N) is 1. The van der Waals surface area contributed by atoms with Gasteiger partial charge in [-0.2, -0.15) is 4.98 Å². The zero-order valence-corrected chi connectivity index (χ0v) is 23.7. The van der Waals surface area contributed by atoms with Gasteiger partial charge in [0.2, 0.25) is 5.95 Å². The molecule has 3 aromatic rings. The topological polar surface area (TPSA) is 69.5 Å². The SMILES string of the molecule is CCCCNc1ncc2c(-c3ccc([C@H](C)N4CCN(C(C)C)CC4)cc3)cn([C@H]3CC[C@H](O)CC3)c2n1. The molecule has 5 rings (SSSR count). The number of piperazine rings is 1. The van der Waals surface area contributed by atoms with Gasteiger partial charge in [-0.1, -0.05) is 37.6 Å². The average Bonchev–Trinajstić information content (AvgIpc) is 3.32. The zero-order valence-electron chi connectivity index (χ0n) is 23.7. The number of benzene rings is 1. The molecule has 0 amide bonds. The summed E-state index contributed by atoms with van der Waals surface area (Å²) < 4.78 is 2.36. The highest BCUT2D eigenvalue weighted by Crippen LogP contribution is 2.37. The van der Waals surface area contributed by atoms with E-state index in [2.05, 4.69) is 82.8 Å². The Bertz CT molecular complexity index is 1170. The van der Waals surface area contributed by atoms with E-state index in [1.54, 1.807) is 0 Å². The number of aliphatic hydroxyl groups is 1. The van der Waals surface area contributed by atoms with E-state index in [0.29, 0.717) is 24.1 Å². The molecule has 7 nitrogen and oxygen atoms in total. The van der Waals surface area contributed by atoms with Crippen LogP contribution >= 0.6 is 0 Å². The first-order chi connectivity index (χ1) is 18.4. The van der Waals surface area contributed by atoms with Crippen molar-refractivity contribution < 1.29 is 5.11 Å². The van der Waals surface area contributed by atoms with Crippen LogP contribution in [0.5, 0.6) is 0 Å². The number of hydrogen-bond acceptors (Lipinski definition) is 6. The molecular weight excluding hydrogens is 472 g/mol. The van der Waals surface area contributed by atoms with Gasteiger partial charge in [0.15, 0.2) is 0 Å². The van der Waals surface area contributed by atoms with Crippen molar-refractivity contribution >= 4 is 17.0 Å². The van der Waals surface area contributed by atoms with Gasteiger partial charge in [0.05, 0.1) is 6.10 Å². The first-order valence-electron chi connectivity index (χ1n) is 14.8. The Hall–Kier alpha value is -2.48. The molecule has 206 valence electrons. The number of aromatic nitrogens is 3. The Morgan fingerprint density at radius 3 is 2.32 bits per heavy atom. The minimum Gasteiger partial charge on any atom is -0.393 e. The molecule has 2 N–H and O–H groups in total. The summed E-state index contributed by atoms with van der Waals surface area (Å²) in [6.07, 6.45) is 10.0. The van der Waals surface area contributed by atoms with E-state index in [4.69, 9.17) is 4.98 Å². The molecule has 2 aliphatic rings. The maximum atomic E-state index is 10.1. The number of fused-ring (bicyclic) bond motifs is 1. The van der Waals surface area contributed by atoms with Crippen molar-refractivity contribution in [3.63, 3.8) is 0 Å². The van der Waals surface area contributed by atoms with E-state index >= 15 is 0 Å². The van der Waals surface area contributed by atoms with Crippen molar-refractivity contribution in [1.82, 2.24) is 24.3 Å². The molecule has 0 radical (unpaired) electrons. The molecule has 0 unspecified atom stereocenters. The van der Waals surface area contributed by atoms with Gasteiger partial charge in [-0.05, 0) is 64.0 Å². The third kappa shape index (κ3) is 5.90. The predicted octanol–water partition coefficient (Wildman–Crippen LogP) is 5.87. The van der Waals surface area contributed by atoms with Gasteiger partial charge in [0.25, 0.3) is 0 Å². The van der Waals surface area contributed by atoms with Crippen LogP contribution < -0.4 is 5.32 Å². The average molecular weight is 519 g/mol. The number of unbranched alkanes of at least 4 members (excludes halogenated alkanes) is 1. The summed E-state index contributed by atoms with van der Waals surface area (Å²) in [6.45, 7) is 14.5. The van der Waals surface area contributed by atoms with Gasteiger partial charge in [-0.15, -0.1) is 0 Å². The van der Waals surface area contributed by atoms with E-state index in [0.717, 1.165) is 82.3 Å². The minimum atomic E-state index is -0.170. The summed E-state index contributed by atoms with van der Waals surface area (Å²) in [4.78, 5) is 14.8. The third-order valence-electron chi connectivity index (χ3n) is 8.78. The molecule has 1 aliphatic heterocycles. The van der Waals surface area contributed by atoms with Crippen molar-refractivity contribution in [2.75, 3.05) is 38.0 Å². The van der Waals surface area contributed by atoms with Gasteiger partial charge in [0, 0.05) is 74.2 Å². The highest BCUT2D eigenvalue weighted by Gasteiger charge is 2.25. The lowest BCUT2D eigenvalue weighted by Crippen LogP contribution is -2.49. The van der Waals surface area contributed by atoms with Crippen LogP contribution in [0.3, 0.4) is 0 Å². The lowest BCUT2D eigenvalue weighted by atomic mass is 9.93.